The van der Waals surface area contributed by atoms with Crippen molar-refractivity contribution in [2.75, 3.05) is 0 Å². The third kappa shape index (κ3) is 1.42. The highest BCUT2D eigenvalue weighted by atomic mass is 19.4. The molecule has 14 heavy (non-hydrogen) atoms. The first-order valence-corrected chi connectivity index (χ1v) is 3.90. The number of hydrogen-bond donors (Lipinski definition) is 1. The van der Waals surface area contributed by atoms with Crippen molar-refractivity contribution in [3.63, 3.8) is 0 Å². The normalized spacial score (nSPS) is 22.0. The number of aliphatic hydroxyl groups is 1. The van der Waals surface area contributed by atoms with Gasteiger partial charge in [0.05, 0.1) is 36.8 Å². The third-order valence-corrected chi connectivity index (χ3v) is 2.75. The molecule has 0 saturated heterocycles. The molecular weight excluding hydrogens is 188 g/mol. The van der Waals surface area contributed by atoms with Gasteiger partial charge in [-0.15, -0.1) is 0 Å². The van der Waals surface area contributed by atoms with Gasteiger partial charge in [-0.3, -0.25) is 0 Å². The molecule has 1 saturated carbocycles. The first-order valence-electron chi connectivity index (χ1n) is 3.90. The van der Waals surface area contributed by atoms with E-state index in [9.17, 15) is 13.2 Å². The second kappa shape index (κ2) is 2.77. The van der Waals surface area contributed by atoms with Crippen LogP contribution < -0.4 is 0 Å². The molecule has 0 aromatic carbocycles. The van der Waals surface area contributed by atoms with E-state index in [1.165, 1.54) is 0 Å². The molecule has 0 amide bonds. The molecule has 1 fully saturated rings. The van der Waals surface area contributed by atoms with Gasteiger partial charge in [-0.05, 0) is 18.2 Å². The minimum atomic E-state index is -4.62. The Morgan fingerprint density at radius 2 is 1.36 bits per heavy atom. The monoisotopic (exact) mass is 194 g/mol. The summed E-state index contributed by atoms with van der Waals surface area (Å²) in [4.78, 5) is 0. The number of hydrogen-bond acceptors (Lipinski definition) is 1. The first kappa shape index (κ1) is 12.1. The Morgan fingerprint density at radius 3 is 1.43 bits per heavy atom. The average molecular weight is 193 g/mol. The molecule has 8 heteroatoms. The van der Waals surface area contributed by atoms with Crippen molar-refractivity contribution in [2.24, 2.45) is 5.41 Å². The Hall–Kier alpha value is 0.00974. The van der Waals surface area contributed by atoms with Crippen molar-refractivity contribution in [1.82, 2.24) is 0 Å². The van der Waals surface area contributed by atoms with Crippen molar-refractivity contribution in [1.29, 1.82) is 0 Å². The van der Waals surface area contributed by atoms with Gasteiger partial charge in [-0.25, -0.2) is 0 Å². The van der Waals surface area contributed by atoms with Crippen molar-refractivity contribution in [2.45, 2.75) is 29.6 Å². The molecule has 1 aliphatic rings. The van der Waals surface area contributed by atoms with E-state index < -0.39 is 22.2 Å². The molecule has 1 aliphatic carbocycles. The molecule has 0 aromatic rings. The van der Waals surface area contributed by atoms with E-state index in [0.717, 1.165) is 0 Å². The molecule has 0 spiro atoms. The van der Waals surface area contributed by atoms with E-state index >= 15 is 0 Å². The van der Waals surface area contributed by atoms with Crippen molar-refractivity contribution in [3.8, 4) is 0 Å². The van der Waals surface area contributed by atoms with Gasteiger partial charge >= 0.3 is 6.18 Å². The fraction of sp³-hybridized carbons (Fsp3) is 1.00. The van der Waals surface area contributed by atoms with Crippen LogP contribution >= 0.6 is 0 Å². The minimum Gasteiger partial charge on any atom is -0.410 e. The van der Waals surface area contributed by atoms with Crippen molar-refractivity contribution >= 4 is 31.4 Å². The predicted octanol–water partition coefficient (Wildman–Crippen LogP) is -0.235. The van der Waals surface area contributed by atoms with Gasteiger partial charge in [0.15, 0.2) is 0 Å². The van der Waals surface area contributed by atoms with Gasteiger partial charge < -0.3 is 5.11 Å². The van der Waals surface area contributed by atoms with Crippen LogP contribution in [-0.4, -0.2) is 48.1 Å². The Morgan fingerprint density at radius 1 is 1.00 bits per heavy atom. The minimum absolute atomic E-state index is 0.278. The summed E-state index contributed by atoms with van der Waals surface area (Å²) in [6, 6.07) is 0. The lowest BCUT2D eigenvalue weighted by Crippen LogP contribution is -2.54. The van der Waals surface area contributed by atoms with Crippen LogP contribution in [0.2, 0.25) is 5.21 Å². The van der Waals surface area contributed by atoms with E-state index in [1.54, 1.807) is 0 Å². The molecule has 0 bridgehead atoms. The zero-order valence-corrected chi connectivity index (χ0v) is 7.30. The fourth-order valence-corrected chi connectivity index (χ4v) is 1.44. The first-order chi connectivity index (χ1) is 5.96. The van der Waals surface area contributed by atoms with Crippen LogP contribution in [0.5, 0.6) is 0 Å². The molecule has 0 aromatic heterocycles. The maximum atomic E-state index is 12.5. The quantitative estimate of drug-likeness (QED) is 0.601. The Labute approximate surface area is 85.5 Å². The van der Waals surface area contributed by atoms with Gasteiger partial charge in [0.1, 0.15) is 0 Å². The SMILES string of the molecule is [B]C([B])(O)C([B])([B])C1(C(F)(F)F)CC1. The summed E-state index contributed by atoms with van der Waals surface area (Å²) >= 11 is 0. The van der Waals surface area contributed by atoms with Crippen LogP contribution in [0.15, 0.2) is 0 Å². The second-order valence-corrected chi connectivity index (χ2v) is 3.77. The van der Waals surface area contributed by atoms with Crippen LogP contribution in [0.1, 0.15) is 12.8 Å². The molecule has 0 atom stereocenters. The molecule has 0 unspecified atom stereocenters. The molecule has 1 nitrogen and oxygen atoms in total. The molecular formula is C6H5B4F3O. The zero-order valence-electron chi connectivity index (χ0n) is 7.30. The zero-order chi connectivity index (χ0) is 11.4. The lowest BCUT2D eigenvalue weighted by molar-refractivity contribution is -0.197. The molecule has 1 N–H and O–H groups in total. The van der Waals surface area contributed by atoms with E-state index in [0.29, 0.717) is 0 Å². The molecule has 0 heterocycles. The van der Waals surface area contributed by atoms with Gasteiger partial charge in [0.25, 0.3) is 0 Å². The fourth-order valence-electron chi connectivity index (χ4n) is 1.44. The maximum absolute atomic E-state index is 12.5. The van der Waals surface area contributed by atoms with Crippen molar-refractivity contribution in [3.05, 3.63) is 0 Å². The Balaban J connectivity index is 3.05. The molecule has 8 radical (unpaired) electrons. The summed E-state index contributed by atoms with van der Waals surface area (Å²) in [5.74, 6) is 0. The Bertz CT molecular complexity index is 226. The number of rotatable bonds is 2. The highest BCUT2D eigenvalue weighted by molar-refractivity contribution is 6.54. The largest absolute Gasteiger partial charge is 0.410 e. The van der Waals surface area contributed by atoms with Crippen molar-refractivity contribution < 1.29 is 18.3 Å². The Kier molecular flexibility index (Phi) is 2.39. The summed E-state index contributed by atoms with van der Waals surface area (Å²) in [6.45, 7) is 0. The summed E-state index contributed by atoms with van der Waals surface area (Å²) in [5, 5.41) is 3.74. The van der Waals surface area contributed by atoms with Gasteiger partial charge in [0, 0.05) is 0 Å². The smallest absolute Gasteiger partial charge is 0.393 e. The highest BCUT2D eigenvalue weighted by Gasteiger charge is 2.71. The van der Waals surface area contributed by atoms with Gasteiger partial charge in [-0.2, -0.15) is 13.2 Å². The maximum Gasteiger partial charge on any atom is 0.393 e. The van der Waals surface area contributed by atoms with Crippen LogP contribution in [0.25, 0.3) is 0 Å². The summed E-state index contributed by atoms with van der Waals surface area (Å²) < 4.78 is 37.6. The lowest BCUT2D eigenvalue weighted by Gasteiger charge is -2.47. The van der Waals surface area contributed by atoms with Crippen LogP contribution in [0.4, 0.5) is 13.2 Å². The van der Waals surface area contributed by atoms with E-state index in [-0.39, 0.29) is 12.8 Å². The third-order valence-electron chi connectivity index (χ3n) is 2.75. The number of halogens is 3. The summed E-state index contributed by atoms with van der Waals surface area (Å²) in [5.41, 5.74) is -2.38. The van der Waals surface area contributed by atoms with Crippen LogP contribution in [0.3, 0.4) is 0 Å². The van der Waals surface area contributed by atoms with E-state index in [2.05, 4.69) is 0 Å². The molecule has 68 valence electrons. The topological polar surface area (TPSA) is 20.2 Å². The van der Waals surface area contributed by atoms with E-state index in [1.807, 2.05) is 0 Å². The van der Waals surface area contributed by atoms with E-state index in [4.69, 9.17) is 36.5 Å². The summed E-state index contributed by atoms with van der Waals surface area (Å²) in [6.07, 6.45) is -5.18. The van der Waals surface area contributed by atoms with Crippen LogP contribution in [-0.2, 0) is 0 Å². The van der Waals surface area contributed by atoms with Gasteiger partial charge in [-0.1, -0.05) is 5.21 Å². The second-order valence-electron chi connectivity index (χ2n) is 3.77. The molecule has 0 aliphatic heterocycles. The lowest BCUT2D eigenvalue weighted by atomic mass is 9.30. The average Bonchev–Trinajstić information content (AvgIpc) is 2.58. The predicted molar refractivity (Wildman–Crippen MR) is 48.4 cm³/mol. The van der Waals surface area contributed by atoms with Gasteiger partial charge in [0.2, 0.25) is 0 Å². The highest BCUT2D eigenvalue weighted by Crippen LogP contribution is 2.70. The molecule has 1 rings (SSSR count). The summed E-state index contributed by atoms with van der Waals surface area (Å²) in [7, 11) is 20.2. The number of alkyl halides is 3. The standard InChI is InChI=1S/C6H5B4F3O/c7-4(8,5(9,10)14)3(1-2-3)6(11,12)13/h14H,1-2H2. The van der Waals surface area contributed by atoms with Crippen LogP contribution in [0, 0.1) is 5.41 Å².